The number of hydrogen-bond acceptors (Lipinski definition) is 4. The van der Waals surface area contributed by atoms with Gasteiger partial charge in [-0.1, -0.05) is 84.9 Å². The third-order valence-corrected chi connectivity index (χ3v) is 10.0. The highest BCUT2D eigenvalue weighted by Crippen LogP contribution is 2.43. The lowest BCUT2D eigenvalue weighted by atomic mass is 9.94. The highest BCUT2D eigenvalue weighted by Gasteiger charge is 2.31. The van der Waals surface area contributed by atoms with E-state index in [-0.39, 0.29) is 29.6 Å². The van der Waals surface area contributed by atoms with Crippen molar-refractivity contribution in [3.8, 4) is 0 Å². The Morgan fingerprint density at radius 3 is 1.28 bits per heavy atom. The van der Waals surface area contributed by atoms with E-state index in [1.54, 1.807) is 9.80 Å². The Bertz CT molecular complexity index is 1370. The van der Waals surface area contributed by atoms with Crippen molar-refractivity contribution in [3.05, 3.63) is 130 Å². The van der Waals surface area contributed by atoms with Crippen LogP contribution >= 0.6 is 23.5 Å². The Balaban J connectivity index is 0.000000192. The predicted molar refractivity (Wildman–Crippen MR) is 176 cm³/mol. The Labute approximate surface area is 261 Å². The van der Waals surface area contributed by atoms with Crippen molar-refractivity contribution in [3.63, 3.8) is 0 Å². The summed E-state index contributed by atoms with van der Waals surface area (Å²) in [5.41, 5.74) is 18.5. The van der Waals surface area contributed by atoms with Gasteiger partial charge < -0.3 is 26.7 Å². The van der Waals surface area contributed by atoms with Crippen molar-refractivity contribution in [1.82, 2.24) is 9.80 Å². The summed E-state index contributed by atoms with van der Waals surface area (Å²) in [5, 5.41) is 0. The summed E-state index contributed by atoms with van der Waals surface area (Å²) in [6.07, 6.45) is 0. The summed E-state index contributed by atoms with van der Waals surface area (Å²) >= 11 is 3.63. The van der Waals surface area contributed by atoms with E-state index in [2.05, 4.69) is 48.5 Å². The highest BCUT2D eigenvalue weighted by molar-refractivity contribution is 7.98. The molecule has 4 aromatic rings. The number of primary amides is 2. The molecule has 224 valence electrons. The summed E-state index contributed by atoms with van der Waals surface area (Å²) in [6, 6.07) is 32.2. The molecule has 4 amide bonds. The first-order valence-corrected chi connectivity index (χ1v) is 16.1. The van der Waals surface area contributed by atoms with E-state index in [0.717, 1.165) is 22.6 Å². The number of amides is 4. The smallest absolute Gasteiger partial charge is 0.315 e. The molecule has 6 N–H and O–H groups in total. The second kappa shape index (κ2) is 14.5. The molecule has 43 heavy (non-hydrogen) atoms. The van der Waals surface area contributed by atoms with E-state index in [0.29, 0.717) is 13.1 Å². The lowest BCUT2D eigenvalue weighted by Crippen LogP contribution is -2.39. The normalized spacial score (nSPS) is 16.1. The average molecular weight is 615 g/mol. The van der Waals surface area contributed by atoms with Gasteiger partial charge in [0.25, 0.3) is 0 Å². The topological polar surface area (TPSA) is 124 Å². The highest BCUT2D eigenvalue weighted by atomic mass is 32.2. The van der Waals surface area contributed by atoms with Gasteiger partial charge in [0.1, 0.15) is 0 Å². The minimum atomic E-state index is -0.376. The lowest BCUT2D eigenvalue weighted by molar-refractivity contribution is 0.196. The fourth-order valence-electron chi connectivity index (χ4n) is 5.79. The number of thioether (sulfide) groups is 2. The minimum absolute atomic E-state index is 0. The van der Waals surface area contributed by atoms with Crippen molar-refractivity contribution >= 4 is 35.6 Å². The van der Waals surface area contributed by atoms with Gasteiger partial charge in [-0.2, -0.15) is 0 Å². The van der Waals surface area contributed by atoms with E-state index in [1.807, 2.05) is 85.9 Å². The number of carbonyl (C=O) groups excluding carboxylic acids is 2. The Hall–Kier alpha value is -3.92. The molecule has 0 radical (unpaired) electrons. The van der Waals surface area contributed by atoms with Crippen LogP contribution in [0.1, 0.15) is 59.3 Å². The fraction of sp³-hybridized carbons (Fsp3) is 0.235. The molecule has 7 nitrogen and oxygen atoms in total. The summed E-state index contributed by atoms with van der Waals surface area (Å²) < 4.78 is 0. The first-order valence-electron chi connectivity index (χ1n) is 14.2. The number of rotatable bonds is 4. The maximum atomic E-state index is 11.9. The Kier molecular flexibility index (Phi) is 10.8. The van der Waals surface area contributed by atoms with Crippen LogP contribution < -0.4 is 11.5 Å². The molecule has 9 heteroatoms. The SMILES string of the molecule is CCN(C(N)=O)C1c2ccccc2CSc2ccccc21.CCN(C(N)=O)C1c2ccccc2CSc2ccccc21.O. The average Bonchev–Trinajstić information content (AvgIpc) is 3.27. The van der Waals surface area contributed by atoms with Crippen molar-refractivity contribution in [1.29, 1.82) is 0 Å². The molecule has 2 aliphatic heterocycles. The van der Waals surface area contributed by atoms with E-state index in [9.17, 15) is 9.59 Å². The fourth-order valence-corrected chi connectivity index (χ4v) is 7.98. The van der Waals surface area contributed by atoms with Crippen LogP contribution in [0, 0.1) is 0 Å². The van der Waals surface area contributed by atoms with Gasteiger partial charge in [0, 0.05) is 34.4 Å². The van der Waals surface area contributed by atoms with Crippen LogP contribution in [0.4, 0.5) is 9.59 Å². The molecule has 2 aliphatic rings. The summed E-state index contributed by atoms with van der Waals surface area (Å²) in [6.45, 7) is 5.11. The largest absolute Gasteiger partial charge is 0.412 e. The molecule has 0 saturated carbocycles. The van der Waals surface area contributed by atoms with Gasteiger partial charge in [-0.15, -0.1) is 23.5 Å². The van der Waals surface area contributed by atoms with Gasteiger partial charge in [-0.25, -0.2) is 9.59 Å². The molecule has 0 bridgehead atoms. The van der Waals surface area contributed by atoms with Crippen LogP contribution in [0.25, 0.3) is 0 Å². The molecule has 0 fully saturated rings. The van der Waals surface area contributed by atoms with Gasteiger partial charge >= 0.3 is 12.1 Å². The minimum Gasteiger partial charge on any atom is -0.412 e. The van der Waals surface area contributed by atoms with E-state index in [1.165, 1.54) is 32.0 Å². The third kappa shape index (κ3) is 6.69. The molecular weight excluding hydrogens is 577 g/mol. The molecular formula is C34H38N4O3S2. The van der Waals surface area contributed by atoms with Gasteiger partial charge in [0.05, 0.1) is 12.1 Å². The zero-order valence-electron chi connectivity index (χ0n) is 24.4. The van der Waals surface area contributed by atoms with Crippen LogP contribution in [-0.4, -0.2) is 40.4 Å². The van der Waals surface area contributed by atoms with Crippen molar-refractivity contribution in [2.75, 3.05) is 13.1 Å². The second-order valence-corrected chi connectivity index (χ2v) is 12.1. The molecule has 2 atom stereocenters. The zero-order valence-corrected chi connectivity index (χ0v) is 26.0. The lowest BCUT2D eigenvalue weighted by Gasteiger charge is -2.31. The molecule has 2 heterocycles. The van der Waals surface area contributed by atoms with Gasteiger partial charge in [0.15, 0.2) is 0 Å². The Morgan fingerprint density at radius 2 is 0.930 bits per heavy atom. The number of urea groups is 2. The van der Waals surface area contributed by atoms with Crippen LogP contribution in [0.15, 0.2) is 107 Å². The number of benzene rings is 4. The molecule has 0 saturated heterocycles. The summed E-state index contributed by atoms with van der Waals surface area (Å²) in [7, 11) is 0. The van der Waals surface area contributed by atoms with Crippen LogP contribution in [-0.2, 0) is 11.5 Å². The van der Waals surface area contributed by atoms with Crippen molar-refractivity contribution in [2.24, 2.45) is 11.5 Å². The van der Waals surface area contributed by atoms with E-state index >= 15 is 0 Å². The first-order chi connectivity index (χ1) is 20.4. The molecule has 0 aliphatic carbocycles. The van der Waals surface area contributed by atoms with Gasteiger partial charge in [0.2, 0.25) is 0 Å². The number of hydrogen-bond donors (Lipinski definition) is 2. The van der Waals surface area contributed by atoms with Gasteiger partial charge in [-0.05, 0) is 59.4 Å². The monoisotopic (exact) mass is 614 g/mol. The summed E-state index contributed by atoms with van der Waals surface area (Å²) in [5.74, 6) is 1.83. The quantitative estimate of drug-likeness (QED) is 0.264. The maximum Gasteiger partial charge on any atom is 0.315 e. The van der Waals surface area contributed by atoms with Gasteiger partial charge in [-0.3, -0.25) is 0 Å². The molecule has 0 aromatic heterocycles. The van der Waals surface area contributed by atoms with E-state index in [4.69, 9.17) is 11.5 Å². The Morgan fingerprint density at radius 1 is 0.605 bits per heavy atom. The summed E-state index contributed by atoms with van der Waals surface area (Å²) in [4.78, 5) is 29.7. The predicted octanol–water partition coefficient (Wildman–Crippen LogP) is 6.74. The zero-order chi connectivity index (χ0) is 29.6. The van der Waals surface area contributed by atoms with Crippen LogP contribution in [0.3, 0.4) is 0 Å². The van der Waals surface area contributed by atoms with Crippen LogP contribution in [0.2, 0.25) is 0 Å². The maximum absolute atomic E-state index is 11.9. The third-order valence-electron chi connectivity index (χ3n) is 7.76. The standard InChI is InChI=1S/2C17H18N2OS.H2O/c2*1-2-19(17(18)20)16-13-8-4-3-7-12(13)11-21-15-10-6-5-9-14(15)16;/h2*3-10,16H,2,11H2,1H3,(H2,18,20);1H2. The van der Waals surface area contributed by atoms with Crippen LogP contribution in [0.5, 0.6) is 0 Å². The van der Waals surface area contributed by atoms with Crippen molar-refractivity contribution < 1.29 is 15.1 Å². The number of carbonyl (C=O) groups is 2. The molecule has 6 rings (SSSR count). The number of nitrogens with zero attached hydrogens (tertiary/aromatic N) is 2. The number of fused-ring (bicyclic) bond motifs is 4. The number of nitrogens with two attached hydrogens (primary N) is 2. The first kappa shape index (κ1) is 32.0. The molecule has 4 aromatic carbocycles. The van der Waals surface area contributed by atoms with E-state index < -0.39 is 0 Å². The molecule has 2 unspecified atom stereocenters. The second-order valence-electron chi connectivity index (χ2n) is 10.1. The molecule has 0 spiro atoms. The van der Waals surface area contributed by atoms with Crippen molar-refractivity contribution in [2.45, 2.75) is 47.2 Å².